The zero-order chi connectivity index (χ0) is 15.3. The molecule has 2 aromatic carbocycles. The Morgan fingerprint density at radius 2 is 1.45 bits per heavy atom. The van der Waals surface area contributed by atoms with Crippen LogP contribution in [0.1, 0.15) is 34.2 Å². The molecular weight excluding hydrogens is 266 g/mol. The van der Waals surface area contributed by atoms with E-state index in [0.29, 0.717) is 0 Å². The van der Waals surface area contributed by atoms with Gasteiger partial charge in [0, 0.05) is 17.1 Å². The van der Waals surface area contributed by atoms with E-state index in [9.17, 15) is 0 Å². The third-order valence-corrected chi connectivity index (χ3v) is 4.68. The van der Waals surface area contributed by atoms with E-state index in [2.05, 4.69) is 57.3 Å². The first-order chi connectivity index (χ1) is 10.6. The van der Waals surface area contributed by atoms with Crippen molar-refractivity contribution in [1.29, 1.82) is 0 Å². The fraction of sp³-hybridized carbons (Fsp3) is 0.286. The van der Waals surface area contributed by atoms with E-state index in [1.807, 2.05) is 0 Å². The van der Waals surface area contributed by atoms with Gasteiger partial charge in [-0.2, -0.15) is 0 Å². The summed E-state index contributed by atoms with van der Waals surface area (Å²) in [5.41, 5.74) is 9.24. The Hall–Kier alpha value is -2.15. The smallest absolute Gasteiger partial charge is 0.0780 e. The minimum Gasteiger partial charge on any atom is -0.255 e. The molecule has 1 nitrogen and oxygen atoms in total. The number of rotatable bonds is 1. The van der Waals surface area contributed by atoms with Gasteiger partial charge in [-0.3, -0.25) is 4.98 Å². The highest BCUT2D eigenvalue weighted by Gasteiger charge is 2.17. The highest BCUT2D eigenvalue weighted by Crippen LogP contribution is 2.36. The normalized spacial score (nSPS) is 13.6. The van der Waals surface area contributed by atoms with Gasteiger partial charge in [-0.25, -0.2) is 0 Å². The Kier molecular flexibility index (Phi) is 3.04. The summed E-state index contributed by atoms with van der Waals surface area (Å²) in [6.07, 6.45) is 5.71. The van der Waals surface area contributed by atoms with Gasteiger partial charge in [-0.1, -0.05) is 28.8 Å². The van der Waals surface area contributed by atoms with E-state index >= 15 is 0 Å². The summed E-state index contributed by atoms with van der Waals surface area (Å²) < 4.78 is 0. The van der Waals surface area contributed by atoms with Gasteiger partial charge in [0.15, 0.2) is 0 Å². The molecule has 1 aliphatic rings. The molecule has 0 aliphatic heterocycles. The van der Waals surface area contributed by atoms with Crippen molar-refractivity contribution < 1.29 is 0 Å². The van der Waals surface area contributed by atoms with Gasteiger partial charge in [-0.15, -0.1) is 0 Å². The predicted molar refractivity (Wildman–Crippen MR) is 93.4 cm³/mol. The summed E-state index contributed by atoms with van der Waals surface area (Å²) in [6, 6.07) is 11.4. The van der Waals surface area contributed by atoms with Crippen LogP contribution in [0.5, 0.6) is 0 Å². The van der Waals surface area contributed by atoms with E-state index < -0.39 is 0 Å². The molecule has 1 heteroatoms. The van der Waals surface area contributed by atoms with Crippen molar-refractivity contribution in [2.75, 3.05) is 0 Å². The van der Waals surface area contributed by atoms with Crippen LogP contribution in [0.2, 0.25) is 0 Å². The van der Waals surface area contributed by atoms with Crippen molar-refractivity contribution >= 4 is 10.8 Å². The van der Waals surface area contributed by atoms with Crippen LogP contribution in [0.25, 0.3) is 22.0 Å². The standard InChI is InChI=1S/C21H21N/c1-13-7-14(2)10-18(9-13)21-19-11-15(3)8-16-5-4-6-17(12-22-21)20(16)19/h7-12H,4-6H2,1-3H3. The molecule has 3 aromatic rings. The minimum absolute atomic E-state index is 1.14. The average Bonchev–Trinajstić information content (AvgIpc) is 2.46. The molecule has 1 heterocycles. The van der Waals surface area contributed by atoms with Crippen LogP contribution in [-0.4, -0.2) is 4.98 Å². The number of pyridine rings is 1. The topological polar surface area (TPSA) is 12.9 Å². The van der Waals surface area contributed by atoms with Gasteiger partial charge in [-0.05, 0) is 74.7 Å². The van der Waals surface area contributed by atoms with Crippen LogP contribution in [0.3, 0.4) is 0 Å². The first kappa shape index (κ1) is 13.5. The largest absolute Gasteiger partial charge is 0.255 e. The second kappa shape index (κ2) is 4.95. The first-order valence-corrected chi connectivity index (χ1v) is 8.11. The van der Waals surface area contributed by atoms with Crippen molar-refractivity contribution in [3.8, 4) is 11.3 Å². The minimum atomic E-state index is 1.14. The zero-order valence-corrected chi connectivity index (χ0v) is 13.5. The SMILES string of the molecule is Cc1cc(C)cc(-c2ncc3c4c(cc(C)cc24)CCC3)c1. The molecular formula is C21H21N. The molecule has 110 valence electrons. The van der Waals surface area contributed by atoms with Crippen molar-refractivity contribution in [2.24, 2.45) is 0 Å². The number of aromatic nitrogens is 1. The molecule has 0 spiro atoms. The molecule has 0 bridgehead atoms. The van der Waals surface area contributed by atoms with Crippen molar-refractivity contribution in [3.05, 3.63) is 64.3 Å². The van der Waals surface area contributed by atoms with E-state index in [1.54, 1.807) is 0 Å². The molecule has 0 saturated carbocycles. The Balaban J connectivity index is 2.07. The molecule has 0 unspecified atom stereocenters. The summed E-state index contributed by atoms with van der Waals surface area (Å²) in [4.78, 5) is 4.85. The second-order valence-electron chi connectivity index (χ2n) is 6.71. The van der Waals surface area contributed by atoms with Crippen LogP contribution in [0.15, 0.2) is 36.5 Å². The van der Waals surface area contributed by atoms with E-state index in [0.717, 1.165) is 12.1 Å². The van der Waals surface area contributed by atoms with Gasteiger partial charge in [0.25, 0.3) is 0 Å². The summed E-state index contributed by atoms with van der Waals surface area (Å²) in [5.74, 6) is 0. The Bertz CT molecular complexity index is 870. The Morgan fingerprint density at radius 3 is 2.23 bits per heavy atom. The summed E-state index contributed by atoms with van der Waals surface area (Å²) in [5, 5.41) is 2.79. The van der Waals surface area contributed by atoms with Gasteiger partial charge in [0.2, 0.25) is 0 Å². The van der Waals surface area contributed by atoms with Gasteiger partial charge in [0.05, 0.1) is 5.69 Å². The maximum atomic E-state index is 4.85. The number of hydrogen-bond donors (Lipinski definition) is 0. The molecule has 0 atom stereocenters. The number of aryl methyl sites for hydroxylation is 5. The van der Waals surface area contributed by atoms with Crippen LogP contribution in [0.4, 0.5) is 0 Å². The molecule has 22 heavy (non-hydrogen) atoms. The summed E-state index contributed by atoms with van der Waals surface area (Å²) >= 11 is 0. The molecule has 1 aromatic heterocycles. The highest BCUT2D eigenvalue weighted by molar-refractivity contribution is 5.99. The lowest BCUT2D eigenvalue weighted by Crippen LogP contribution is -2.04. The summed E-state index contributed by atoms with van der Waals surface area (Å²) in [7, 11) is 0. The number of nitrogens with zero attached hydrogens (tertiary/aromatic N) is 1. The highest BCUT2D eigenvalue weighted by atomic mass is 14.7. The third-order valence-electron chi connectivity index (χ3n) is 4.68. The fourth-order valence-electron chi connectivity index (χ4n) is 3.90. The lowest BCUT2D eigenvalue weighted by Gasteiger charge is -2.20. The maximum Gasteiger partial charge on any atom is 0.0780 e. The van der Waals surface area contributed by atoms with Crippen molar-refractivity contribution in [1.82, 2.24) is 4.98 Å². The van der Waals surface area contributed by atoms with Gasteiger partial charge >= 0.3 is 0 Å². The molecule has 0 N–H and O–H groups in total. The Morgan fingerprint density at radius 1 is 0.773 bits per heavy atom. The lowest BCUT2D eigenvalue weighted by atomic mass is 9.87. The molecule has 1 aliphatic carbocycles. The molecule has 4 rings (SSSR count). The number of hydrogen-bond acceptors (Lipinski definition) is 1. The molecule has 0 fully saturated rings. The third kappa shape index (κ3) is 2.12. The molecule has 0 amide bonds. The van der Waals surface area contributed by atoms with E-state index in [4.69, 9.17) is 4.98 Å². The fourth-order valence-corrected chi connectivity index (χ4v) is 3.90. The van der Waals surface area contributed by atoms with Crippen LogP contribution in [0, 0.1) is 20.8 Å². The summed E-state index contributed by atoms with van der Waals surface area (Å²) in [6.45, 7) is 6.52. The van der Waals surface area contributed by atoms with Crippen LogP contribution in [-0.2, 0) is 12.8 Å². The number of benzene rings is 2. The zero-order valence-electron chi connectivity index (χ0n) is 13.5. The van der Waals surface area contributed by atoms with Gasteiger partial charge < -0.3 is 0 Å². The lowest BCUT2D eigenvalue weighted by molar-refractivity contribution is 0.804. The first-order valence-electron chi connectivity index (χ1n) is 8.11. The maximum absolute atomic E-state index is 4.85. The predicted octanol–water partition coefficient (Wildman–Crippen LogP) is 5.32. The van der Waals surface area contributed by atoms with E-state index in [-0.39, 0.29) is 0 Å². The second-order valence-corrected chi connectivity index (χ2v) is 6.71. The average molecular weight is 287 g/mol. The monoisotopic (exact) mass is 287 g/mol. The molecule has 0 saturated heterocycles. The van der Waals surface area contributed by atoms with Crippen LogP contribution < -0.4 is 0 Å². The van der Waals surface area contributed by atoms with Crippen LogP contribution >= 0.6 is 0 Å². The van der Waals surface area contributed by atoms with Crippen molar-refractivity contribution in [3.63, 3.8) is 0 Å². The Labute approximate surface area is 132 Å². The van der Waals surface area contributed by atoms with E-state index in [1.165, 1.54) is 57.0 Å². The van der Waals surface area contributed by atoms with Crippen molar-refractivity contribution in [2.45, 2.75) is 40.0 Å². The van der Waals surface area contributed by atoms with Gasteiger partial charge in [0.1, 0.15) is 0 Å². The quantitative estimate of drug-likeness (QED) is 0.590. The molecule has 0 radical (unpaired) electrons.